The van der Waals surface area contributed by atoms with Crippen molar-refractivity contribution in [3.8, 4) is 0 Å². The summed E-state index contributed by atoms with van der Waals surface area (Å²) in [6.07, 6.45) is 2.77. The lowest BCUT2D eigenvalue weighted by Crippen LogP contribution is -2.30. The van der Waals surface area contributed by atoms with Crippen LogP contribution in [0.4, 0.5) is 0 Å². The Labute approximate surface area is 118 Å². The fraction of sp³-hybridized carbons (Fsp3) is 0.667. The molecule has 1 aliphatic heterocycles. The zero-order chi connectivity index (χ0) is 14.9. The fourth-order valence-electron chi connectivity index (χ4n) is 2.35. The Morgan fingerprint density at radius 1 is 1.55 bits per heavy atom. The molecule has 0 spiro atoms. The smallest absolute Gasteiger partial charge is 0.307 e. The molecule has 1 aromatic rings. The van der Waals surface area contributed by atoms with E-state index in [0.717, 1.165) is 6.42 Å². The summed E-state index contributed by atoms with van der Waals surface area (Å²) in [4.78, 5) is 15.0. The molecule has 1 aromatic heterocycles. The van der Waals surface area contributed by atoms with E-state index in [4.69, 9.17) is 5.11 Å². The molecule has 0 radical (unpaired) electrons. The highest BCUT2D eigenvalue weighted by molar-refractivity contribution is 7.89. The topological polar surface area (TPSA) is 92.5 Å². The van der Waals surface area contributed by atoms with E-state index in [1.54, 1.807) is 11.5 Å². The van der Waals surface area contributed by atoms with E-state index in [2.05, 4.69) is 4.98 Å². The van der Waals surface area contributed by atoms with Gasteiger partial charge < -0.3 is 9.67 Å². The minimum absolute atomic E-state index is 0.00879. The van der Waals surface area contributed by atoms with Crippen molar-refractivity contribution in [3.63, 3.8) is 0 Å². The number of carbonyl (C=O) groups is 1. The molecule has 112 valence electrons. The van der Waals surface area contributed by atoms with Crippen molar-refractivity contribution in [1.29, 1.82) is 0 Å². The summed E-state index contributed by atoms with van der Waals surface area (Å²) in [5.41, 5.74) is 0. The van der Waals surface area contributed by atoms with Crippen LogP contribution in [0.1, 0.15) is 25.6 Å². The summed E-state index contributed by atoms with van der Waals surface area (Å²) >= 11 is 0. The van der Waals surface area contributed by atoms with Gasteiger partial charge in [0.1, 0.15) is 5.82 Å². The van der Waals surface area contributed by atoms with Crippen LogP contribution in [0.15, 0.2) is 11.2 Å². The number of imidazole rings is 1. The monoisotopic (exact) mass is 301 g/mol. The molecule has 0 aliphatic carbocycles. The molecular weight excluding hydrogens is 282 g/mol. The molecule has 1 unspecified atom stereocenters. The maximum Gasteiger partial charge on any atom is 0.307 e. The van der Waals surface area contributed by atoms with Crippen molar-refractivity contribution in [2.45, 2.75) is 38.3 Å². The average molecular weight is 301 g/mol. The van der Waals surface area contributed by atoms with E-state index in [1.165, 1.54) is 10.5 Å². The Balaban J connectivity index is 2.23. The van der Waals surface area contributed by atoms with Gasteiger partial charge in [0, 0.05) is 25.8 Å². The van der Waals surface area contributed by atoms with Crippen molar-refractivity contribution >= 4 is 16.0 Å². The molecule has 1 saturated heterocycles. The van der Waals surface area contributed by atoms with Crippen LogP contribution >= 0.6 is 0 Å². The van der Waals surface area contributed by atoms with Gasteiger partial charge in [0.05, 0.1) is 5.92 Å². The third-order valence-corrected chi connectivity index (χ3v) is 5.26. The number of rotatable bonds is 5. The number of carboxylic acids is 1. The van der Waals surface area contributed by atoms with E-state index >= 15 is 0 Å². The number of carboxylic acid groups (broad SMARTS) is 1. The quantitative estimate of drug-likeness (QED) is 0.864. The number of aromatic nitrogens is 2. The lowest BCUT2D eigenvalue weighted by Gasteiger charge is -2.13. The van der Waals surface area contributed by atoms with Crippen LogP contribution in [0.2, 0.25) is 0 Å². The van der Waals surface area contributed by atoms with Crippen molar-refractivity contribution in [1.82, 2.24) is 13.9 Å². The van der Waals surface area contributed by atoms with Crippen LogP contribution in [-0.4, -0.2) is 46.4 Å². The number of aliphatic carboxylic acids is 1. The summed E-state index contributed by atoms with van der Waals surface area (Å²) in [7, 11) is -3.69. The van der Waals surface area contributed by atoms with Crippen molar-refractivity contribution in [2.75, 3.05) is 13.1 Å². The van der Waals surface area contributed by atoms with E-state index in [-0.39, 0.29) is 18.1 Å². The summed E-state index contributed by atoms with van der Waals surface area (Å²) in [6, 6.07) is 0. The van der Waals surface area contributed by atoms with Crippen LogP contribution < -0.4 is 0 Å². The van der Waals surface area contributed by atoms with Crippen LogP contribution in [0.5, 0.6) is 0 Å². The van der Waals surface area contributed by atoms with Crippen LogP contribution in [0.3, 0.4) is 0 Å². The van der Waals surface area contributed by atoms with E-state index in [9.17, 15) is 13.2 Å². The molecule has 0 bridgehead atoms. The molecule has 1 N–H and O–H groups in total. The van der Waals surface area contributed by atoms with Gasteiger partial charge in [0.2, 0.25) is 0 Å². The number of sulfonamides is 1. The van der Waals surface area contributed by atoms with Crippen LogP contribution in [0, 0.1) is 12.8 Å². The van der Waals surface area contributed by atoms with Crippen LogP contribution in [-0.2, 0) is 21.4 Å². The van der Waals surface area contributed by atoms with Gasteiger partial charge in [-0.15, -0.1) is 0 Å². The molecule has 2 rings (SSSR count). The minimum atomic E-state index is -3.69. The summed E-state index contributed by atoms with van der Waals surface area (Å²) in [6.45, 7) is 4.74. The maximum absolute atomic E-state index is 12.4. The SMILES string of the molecule is CCCn1cc(S(=O)(=O)N2CCC(C(=O)O)C2)nc1C. The highest BCUT2D eigenvalue weighted by Crippen LogP contribution is 2.24. The van der Waals surface area contributed by atoms with E-state index < -0.39 is 21.9 Å². The van der Waals surface area contributed by atoms with E-state index in [1.807, 2.05) is 6.92 Å². The molecule has 8 heteroatoms. The lowest BCUT2D eigenvalue weighted by atomic mass is 10.1. The third kappa shape index (κ3) is 2.71. The zero-order valence-corrected chi connectivity index (χ0v) is 12.4. The Kier molecular flexibility index (Phi) is 4.14. The standard InChI is InChI=1S/C12H19N3O4S/c1-3-5-14-8-11(13-9(14)2)20(18,19)15-6-4-10(7-15)12(16)17/h8,10H,3-7H2,1-2H3,(H,16,17). The normalized spacial score (nSPS) is 20.4. The predicted molar refractivity (Wildman–Crippen MR) is 71.8 cm³/mol. The van der Waals surface area contributed by atoms with Gasteiger partial charge in [0.25, 0.3) is 10.0 Å². The molecular formula is C12H19N3O4S. The first kappa shape index (κ1) is 15.0. The number of aryl methyl sites for hydroxylation is 2. The van der Waals surface area contributed by atoms with Gasteiger partial charge in [-0.2, -0.15) is 4.31 Å². The van der Waals surface area contributed by atoms with Gasteiger partial charge >= 0.3 is 5.97 Å². The predicted octanol–water partition coefficient (Wildman–Crippen LogP) is 0.697. The first-order chi connectivity index (χ1) is 9.36. The van der Waals surface area contributed by atoms with Gasteiger partial charge in [-0.1, -0.05) is 6.92 Å². The van der Waals surface area contributed by atoms with Gasteiger partial charge in [0.15, 0.2) is 5.03 Å². The number of nitrogens with zero attached hydrogens (tertiary/aromatic N) is 3. The van der Waals surface area contributed by atoms with Crippen molar-refractivity contribution < 1.29 is 18.3 Å². The molecule has 0 amide bonds. The van der Waals surface area contributed by atoms with Crippen molar-refractivity contribution in [2.24, 2.45) is 5.92 Å². The van der Waals surface area contributed by atoms with Crippen LogP contribution in [0.25, 0.3) is 0 Å². The molecule has 0 aromatic carbocycles. The Morgan fingerprint density at radius 3 is 2.80 bits per heavy atom. The second-order valence-corrected chi connectivity index (χ2v) is 6.89. The van der Waals surface area contributed by atoms with E-state index in [0.29, 0.717) is 18.8 Å². The second kappa shape index (κ2) is 5.53. The first-order valence-corrected chi connectivity index (χ1v) is 8.07. The summed E-state index contributed by atoms with van der Waals surface area (Å²) < 4.78 is 27.9. The number of hydrogen-bond donors (Lipinski definition) is 1. The minimum Gasteiger partial charge on any atom is -0.481 e. The Hall–Kier alpha value is -1.41. The molecule has 7 nitrogen and oxygen atoms in total. The first-order valence-electron chi connectivity index (χ1n) is 6.63. The third-order valence-electron chi connectivity index (χ3n) is 3.52. The fourth-order valence-corrected chi connectivity index (χ4v) is 3.85. The molecule has 20 heavy (non-hydrogen) atoms. The highest BCUT2D eigenvalue weighted by Gasteiger charge is 2.37. The Morgan fingerprint density at radius 2 is 2.25 bits per heavy atom. The van der Waals surface area contributed by atoms with Gasteiger partial charge in [-0.05, 0) is 19.8 Å². The summed E-state index contributed by atoms with van der Waals surface area (Å²) in [5.74, 6) is -0.918. The second-order valence-electron chi connectivity index (χ2n) is 5.01. The van der Waals surface area contributed by atoms with Gasteiger partial charge in [-0.3, -0.25) is 4.79 Å². The highest BCUT2D eigenvalue weighted by atomic mass is 32.2. The molecule has 2 heterocycles. The number of hydrogen-bond acceptors (Lipinski definition) is 4. The largest absolute Gasteiger partial charge is 0.481 e. The summed E-state index contributed by atoms with van der Waals surface area (Å²) in [5, 5.41) is 8.95. The van der Waals surface area contributed by atoms with Crippen molar-refractivity contribution in [3.05, 3.63) is 12.0 Å². The lowest BCUT2D eigenvalue weighted by molar-refractivity contribution is -0.141. The average Bonchev–Trinajstić information content (AvgIpc) is 2.98. The Bertz CT molecular complexity index is 608. The molecule has 1 atom stereocenters. The molecule has 0 saturated carbocycles. The maximum atomic E-state index is 12.4. The zero-order valence-electron chi connectivity index (χ0n) is 11.6. The molecule has 1 fully saturated rings. The van der Waals surface area contributed by atoms with Gasteiger partial charge in [-0.25, -0.2) is 13.4 Å². The molecule has 1 aliphatic rings.